The molecule has 108 valence electrons. The van der Waals surface area contributed by atoms with Gasteiger partial charge in [-0.05, 0) is 24.3 Å². The number of carbonyl (C=O) groups excluding carboxylic acids is 1. The highest BCUT2D eigenvalue weighted by Crippen LogP contribution is 2.28. The van der Waals surface area contributed by atoms with Crippen LogP contribution in [-0.4, -0.2) is 31.6 Å². The van der Waals surface area contributed by atoms with Crippen molar-refractivity contribution in [2.45, 2.75) is 12.8 Å². The maximum absolute atomic E-state index is 11.8. The van der Waals surface area contributed by atoms with Gasteiger partial charge in [0.1, 0.15) is 11.5 Å². The number of hydrogen-bond acceptors (Lipinski definition) is 5. The number of nitriles is 1. The molecule has 5 nitrogen and oxygen atoms in total. The highest BCUT2D eigenvalue weighted by atomic mass is 32.2. The molecular formula is C14H18N2O3S. The Labute approximate surface area is 123 Å². The zero-order valence-electron chi connectivity index (χ0n) is 11.6. The SMILES string of the molecule is COc1ccc(OC)c(NC(=O)CSCCCC#N)c1. The van der Waals surface area contributed by atoms with Crippen LogP contribution in [0.3, 0.4) is 0 Å². The summed E-state index contributed by atoms with van der Waals surface area (Å²) in [5, 5.41) is 11.2. The van der Waals surface area contributed by atoms with Crippen LogP contribution in [-0.2, 0) is 4.79 Å². The predicted octanol–water partition coefficient (Wildman–Crippen LogP) is 2.68. The summed E-state index contributed by atoms with van der Waals surface area (Å²) in [5.41, 5.74) is 0.592. The monoisotopic (exact) mass is 294 g/mol. The fraction of sp³-hybridized carbons (Fsp3) is 0.429. The standard InChI is InChI=1S/C14H18N2O3S/c1-18-11-5-6-13(19-2)12(9-11)16-14(17)10-20-8-4-3-7-15/h5-6,9H,3-4,8,10H2,1-2H3,(H,16,17). The van der Waals surface area contributed by atoms with Crippen LogP contribution in [0.5, 0.6) is 11.5 Å². The number of carbonyl (C=O) groups is 1. The van der Waals surface area contributed by atoms with Crippen molar-refractivity contribution in [3.8, 4) is 17.6 Å². The summed E-state index contributed by atoms with van der Waals surface area (Å²) in [6, 6.07) is 7.31. The van der Waals surface area contributed by atoms with E-state index in [-0.39, 0.29) is 5.91 Å². The highest BCUT2D eigenvalue weighted by Gasteiger charge is 2.09. The van der Waals surface area contributed by atoms with Gasteiger partial charge in [-0.1, -0.05) is 0 Å². The Morgan fingerprint density at radius 1 is 1.40 bits per heavy atom. The van der Waals surface area contributed by atoms with Crippen LogP contribution in [0.25, 0.3) is 0 Å². The van der Waals surface area contributed by atoms with E-state index in [9.17, 15) is 4.79 Å². The van der Waals surface area contributed by atoms with Crippen LogP contribution in [0.1, 0.15) is 12.8 Å². The summed E-state index contributed by atoms with van der Waals surface area (Å²) < 4.78 is 10.3. The lowest BCUT2D eigenvalue weighted by atomic mass is 10.2. The van der Waals surface area contributed by atoms with E-state index in [1.807, 2.05) is 0 Å². The second-order valence-electron chi connectivity index (χ2n) is 3.93. The zero-order chi connectivity index (χ0) is 14.8. The van der Waals surface area contributed by atoms with E-state index in [2.05, 4.69) is 11.4 Å². The Morgan fingerprint density at radius 3 is 2.85 bits per heavy atom. The van der Waals surface area contributed by atoms with Crippen molar-refractivity contribution in [2.75, 3.05) is 31.0 Å². The van der Waals surface area contributed by atoms with Gasteiger partial charge in [0.15, 0.2) is 0 Å². The van der Waals surface area contributed by atoms with Crippen LogP contribution in [0.2, 0.25) is 0 Å². The second kappa shape index (κ2) is 9.10. The van der Waals surface area contributed by atoms with Gasteiger partial charge in [-0.2, -0.15) is 17.0 Å². The van der Waals surface area contributed by atoms with Gasteiger partial charge in [0, 0.05) is 12.5 Å². The Bertz CT molecular complexity index is 486. The van der Waals surface area contributed by atoms with Crippen molar-refractivity contribution in [2.24, 2.45) is 0 Å². The molecule has 0 aliphatic rings. The molecule has 1 N–H and O–H groups in total. The summed E-state index contributed by atoms with van der Waals surface area (Å²) in [7, 11) is 3.12. The fourth-order valence-corrected chi connectivity index (χ4v) is 2.27. The van der Waals surface area contributed by atoms with E-state index in [0.29, 0.717) is 29.4 Å². The highest BCUT2D eigenvalue weighted by molar-refractivity contribution is 7.99. The van der Waals surface area contributed by atoms with Gasteiger partial charge in [0.25, 0.3) is 0 Å². The van der Waals surface area contributed by atoms with Gasteiger partial charge in [0.05, 0.1) is 31.7 Å². The summed E-state index contributed by atoms with van der Waals surface area (Å²) in [5.74, 6) is 2.30. The molecule has 1 amide bonds. The number of unbranched alkanes of at least 4 members (excludes halogenated alkanes) is 1. The molecule has 0 bridgehead atoms. The molecule has 0 aliphatic carbocycles. The number of nitrogens with zero attached hydrogens (tertiary/aromatic N) is 1. The number of nitrogens with one attached hydrogen (secondary N) is 1. The third kappa shape index (κ3) is 5.41. The average Bonchev–Trinajstić information content (AvgIpc) is 2.47. The molecule has 1 rings (SSSR count). The lowest BCUT2D eigenvalue weighted by Gasteiger charge is -2.11. The van der Waals surface area contributed by atoms with Gasteiger partial charge in [-0.25, -0.2) is 0 Å². The van der Waals surface area contributed by atoms with Gasteiger partial charge in [-0.3, -0.25) is 4.79 Å². The van der Waals surface area contributed by atoms with E-state index in [0.717, 1.165) is 12.2 Å². The van der Waals surface area contributed by atoms with Crippen LogP contribution in [0.15, 0.2) is 18.2 Å². The van der Waals surface area contributed by atoms with E-state index >= 15 is 0 Å². The molecule has 0 saturated carbocycles. The van der Waals surface area contributed by atoms with Crippen LogP contribution >= 0.6 is 11.8 Å². The number of thioether (sulfide) groups is 1. The Morgan fingerprint density at radius 2 is 2.20 bits per heavy atom. The molecule has 0 atom stereocenters. The van der Waals surface area contributed by atoms with E-state index in [1.54, 1.807) is 32.4 Å². The van der Waals surface area contributed by atoms with Crippen molar-refractivity contribution in [1.82, 2.24) is 0 Å². The first kappa shape index (κ1) is 16.2. The number of amides is 1. The molecule has 0 spiro atoms. The van der Waals surface area contributed by atoms with Crippen molar-refractivity contribution in [1.29, 1.82) is 5.26 Å². The van der Waals surface area contributed by atoms with Crippen molar-refractivity contribution in [3.63, 3.8) is 0 Å². The van der Waals surface area contributed by atoms with Gasteiger partial charge in [-0.15, -0.1) is 0 Å². The molecule has 1 aromatic rings. The first-order chi connectivity index (χ1) is 9.71. The predicted molar refractivity (Wildman–Crippen MR) is 80.3 cm³/mol. The summed E-state index contributed by atoms with van der Waals surface area (Å²) in [4.78, 5) is 11.8. The molecule has 0 saturated heterocycles. The van der Waals surface area contributed by atoms with Crippen LogP contribution in [0.4, 0.5) is 5.69 Å². The first-order valence-corrected chi connectivity index (χ1v) is 7.33. The van der Waals surface area contributed by atoms with Crippen LogP contribution < -0.4 is 14.8 Å². The number of anilines is 1. The zero-order valence-corrected chi connectivity index (χ0v) is 12.5. The molecule has 0 unspecified atom stereocenters. The maximum Gasteiger partial charge on any atom is 0.234 e. The molecule has 0 aromatic heterocycles. The quantitative estimate of drug-likeness (QED) is 0.746. The average molecular weight is 294 g/mol. The minimum Gasteiger partial charge on any atom is -0.497 e. The Kier molecular flexibility index (Phi) is 7.36. The van der Waals surface area contributed by atoms with Crippen molar-refractivity contribution >= 4 is 23.4 Å². The van der Waals surface area contributed by atoms with Crippen molar-refractivity contribution < 1.29 is 14.3 Å². The molecule has 0 radical (unpaired) electrons. The minimum absolute atomic E-state index is 0.0986. The van der Waals surface area contributed by atoms with Gasteiger partial charge < -0.3 is 14.8 Å². The summed E-state index contributed by atoms with van der Waals surface area (Å²) >= 11 is 1.51. The molecule has 0 fully saturated rings. The van der Waals surface area contributed by atoms with Gasteiger partial charge >= 0.3 is 0 Å². The number of hydrogen-bond donors (Lipinski definition) is 1. The second-order valence-corrected chi connectivity index (χ2v) is 5.03. The first-order valence-electron chi connectivity index (χ1n) is 6.17. The fourth-order valence-electron chi connectivity index (χ4n) is 1.52. The van der Waals surface area contributed by atoms with E-state index in [4.69, 9.17) is 14.7 Å². The summed E-state index contributed by atoms with van der Waals surface area (Å²) in [6.07, 6.45) is 1.33. The number of benzene rings is 1. The lowest BCUT2D eigenvalue weighted by molar-refractivity contribution is -0.113. The van der Waals surface area contributed by atoms with Crippen LogP contribution in [0, 0.1) is 11.3 Å². The summed E-state index contributed by atoms with van der Waals surface area (Å²) in [6.45, 7) is 0. The Balaban J connectivity index is 2.50. The molecule has 6 heteroatoms. The smallest absolute Gasteiger partial charge is 0.234 e. The van der Waals surface area contributed by atoms with Gasteiger partial charge in [0.2, 0.25) is 5.91 Å². The molecule has 0 heterocycles. The number of rotatable bonds is 8. The Hall–Kier alpha value is -1.87. The largest absolute Gasteiger partial charge is 0.497 e. The molecule has 20 heavy (non-hydrogen) atoms. The van der Waals surface area contributed by atoms with E-state index in [1.165, 1.54) is 11.8 Å². The lowest BCUT2D eigenvalue weighted by Crippen LogP contribution is -2.15. The number of ether oxygens (including phenoxy) is 2. The van der Waals surface area contributed by atoms with E-state index < -0.39 is 0 Å². The minimum atomic E-state index is -0.0986. The van der Waals surface area contributed by atoms with Crippen molar-refractivity contribution in [3.05, 3.63) is 18.2 Å². The maximum atomic E-state index is 11.8. The molecule has 0 aliphatic heterocycles. The third-order valence-electron chi connectivity index (χ3n) is 2.49. The topological polar surface area (TPSA) is 71.3 Å². The normalized spacial score (nSPS) is 9.65. The third-order valence-corrected chi connectivity index (χ3v) is 3.53. The molecule has 1 aromatic carbocycles. The number of methoxy groups -OCH3 is 2. The molecular weight excluding hydrogens is 276 g/mol.